The number of nitrogens with zero attached hydrogens (tertiary/aromatic N) is 5. The normalized spacial score (nSPS) is 10.8. The van der Waals surface area contributed by atoms with Gasteiger partial charge in [-0.15, -0.1) is 5.10 Å². The van der Waals surface area contributed by atoms with E-state index in [-0.39, 0.29) is 10.7 Å². The highest BCUT2D eigenvalue weighted by molar-refractivity contribution is 7.99. The van der Waals surface area contributed by atoms with Crippen LogP contribution >= 0.6 is 23.4 Å². The molecule has 24 heavy (non-hydrogen) atoms. The van der Waals surface area contributed by atoms with Crippen LogP contribution in [-0.4, -0.2) is 25.1 Å². The van der Waals surface area contributed by atoms with Gasteiger partial charge < -0.3 is 0 Å². The molecule has 0 spiro atoms. The first-order valence-corrected chi connectivity index (χ1v) is 8.13. The Balaban J connectivity index is 1.95. The fourth-order valence-electron chi connectivity index (χ4n) is 2.22. The van der Waals surface area contributed by atoms with Crippen LogP contribution in [-0.2, 0) is 0 Å². The molecule has 0 N–H and O–H groups in total. The van der Waals surface area contributed by atoms with E-state index in [2.05, 4.69) is 15.5 Å². The molecular weight excluding hydrogens is 350 g/mol. The van der Waals surface area contributed by atoms with Crippen LogP contribution in [0.15, 0.2) is 46.5 Å². The number of tetrazole rings is 1. The van der Waals surface area contributed by atoms with Crippen molar-refractivity contribution in [3.63, 3.8) is 0 Å². The number of nitro benzene ring substituents is 1. The van der Waals surface area contributed by atoms with Crippen LogP contribution in [0.3, 0.4) is 0 Å². The quantitative estimate of drug-likeness (QED) is 0.515. The van der Waals surface area contributed by atoms with Crippen molar-refractivity contribution in [3.05, 3.63) is 62.7 Å². The molecule has 3 rings (SSSR count). The van der Waals surface area contributed by atoms with Gasteiger partial charge in [-0.05, 0) is 53.7 Å². The molecule has 0 aliphatic carbocycles. The van der Waals surface area contributed by atoms with E-state index in [1.807, 2.05) is 32.0 Å². The minimum atomic E-state index is -0.486. The van der Waals surface area contributed by atoms with Crippen molar-refractivity contribution < 1.29 is 4.92 Å². The van der Waals surface area contributed by atoms with Gasteiger partial charge in [0.2, 0.25) is 5.16 Å². The number of hydrogen-bond donors (Lipinski definition) is 0. The van der Waals surface area contributed by atoms with E-state index in [9.17, 15) is 10.1 Å². The average molecular weight is 362 g/mol. The molecule has 0 amide bonds. The van der Waals surface area contributed by atoms with Crippen molar-refractivity contribution in [2.45, 2.75) is 23.9 Å². The second-order valence-electron chi connectivity index (χ2n) is 5.14. The molecule has 1 heterocycles. The summed E-state index contributed by atoms with van der Waals surface area (Å²) in [6, 6.07) is 10.3. The largest absolute Gasteiger partial charge is 0.270 e. The molecule has 0 bridgehead atoms. The second-order valence-corrected chi connectivity index (χ2v) is 6.55. The molecule has 0 unspecified atom stereocenters. The van der Waals surface area contributed by atoms with E-state index < -0.39 is 4.92 Å². The average Bonchev–Trinajstić information content (AvgIpc) is 2.97. The third-order valence-corrected chi connectivity index (χ3v) is 4.79. The zero-order valence-electron chi connectivity index (χ0n) is 12.8. The van der Waals surface area contributed by atoms with E-state index in [4.69, 9.17) is 11.6 Å². The number of aryl methyl sites for hydroxylation is 2. The van der Waals surface area contributed by atoms with E-state index in [1.165, 1.54) is 23.9 Å². The van der Waals surface area contributed by atoms with E-state index in [0.717, 1.165) is 16.8 Å². The molecule has 0 fully saturated rings. The molecule has 0 saturated heterocycles. The number of non-ortho nitro benzene ring substituents is 1. The molecular formula is C15H12ClN5O2S. The van der Waals surface area contributed by atoms with E-state index >= 15 is 0 Å². The van der Waals surface area contributed by atoms with E-state index in [0.29, 0.717) is 10.1 Å². The van der Waals surface area contributed by atoms with Crippen LogP contribution in [0.4, 0.5) is 5.69 Å². The van der Waals surface area contributed by atoms with Crippen LogP contribution in [0.2, 0.25) is 5.02 Å². The first-order chi connectivity index (χ1) is 11.5. The summed E-state index contributed by atoms with van der Waals surface area (Å²) < 4.78 is 1.62. The summed E-state index contributed by atoms with van der Waals surface area (Å²) in [6.45, 7) is 4.00. The van der Waals surface area contributed by atoms with Crippen LogP contribution < -0.4 is 0 Å². The number of hydrogen-bond acceptors (Lipinski definition) is 6. The van der Waals surface area contributed by atoms with Gasteiger partial charge in [-0.3, -0.25) is 10.1 Å². The van der Waals surface area contributed by atoms with Gasteiger partial charge in [-0.25, -0.2) is 0 Å². The molecule has 0 atom stereocenters. The van der Waals surface area contributed by atoms with Crippen LogP contribution in [0.25, 0.3) is 5.69 Å². The molecule has 0 saturated carbocycles. The first-order valence-electron chi connectivity index (χ1n) is 6.93. The van der Waals surface area contributed by atoms with E-state index in [1.54, 1.807) is 10.7 Å². The van der Waals surface area contributed by atoms with Crippen LogP contribution in [0, 0.1) is 24.0 Å². The maximum absolute atomic E-state index is 10.8. The molecule has 3 aromatic rings. The lowest BCUT2D eigenvalue weighted by Gasteiger charge is -2.08. The number of rotatable bonds is 4. The molecule has 9 heteroatoms. The standard InChI is InChI=1S/C15H12ClN5O2S/c1-9-3-5-13(10(2)7-9)20-15(17-18-19-20)24-14-6-4-11(21(22)23)8-12(14)16/h3-8H,1-2H3. The zero-order valence-corrected chi connectivity index (χ0v) is 14.4. The molecule has 2 aromatic carbocycles. The third-order valence-electron chi connectivity index (χ3n) is 3.35. The monoisotopic (exact) mass is 361 g/mol. The number of halogens is 1. The Kier molecular flexibility index (Phi) is 4.50. The third kappa shape index (κ3) is 3.24. The molecule has 7 nitrogen and oxygen atoms in total. The maximum Gasteiger partial charge on any atom is 0.270 e. The van der Waals surface area contributed by atoms with Gasteiger partial charge >= 0.3 is 0 Å². The fourth-order valence-corrected chi connectivity index (χ4v) is 3.30. The molecule has 1 aromatic heterocycles. The van der Waals surface area contributed by atoms with Crippen molar-refractivity contribution in [1.29, 1.82) is 0 Å². The van der Waals surface area contributed by atoms with Crippen LogP contribution in [0.5, 0.6) is 0 Å². The summed E-state index contributed by atoms with van der Waals surface area (Å²) >= 11 is 7.39. The summed E-state index contributed by atoms with van der Waals surface area (Å²) in [4.78, 5) is 10.9. The predicted octanol–water partition coefficient (Wildman–Crippen LogP) is 3.99. The molecule has 0 aliphatic heterocycles. The Hall–Kier alpha value is -2.45. The van der Waals surface area contributed by atoms with Crippen LogP contribution in [0.1, 0.15) is 11.1 Å². The zero-order chi connectivity index (χ0) is 17.3. The fraction of sp³-hybridized carbons (Fsp3) is 0.133. The summed E-state index contributed by atoms with van der Waals surface area (Å²) in [5.41, 5.74) is 3.00. The SMILES string of the molecule is Cc1ccc(-n2nnnc2Sc2ccc([N+](=O)[O-])cc2Cl)c(C)c1. The molecule has 122 valence electrons. The maximum atomic E-state index is 10.8. The Morgan fingerprint density at radius 3 is 2.67 bits per heavy atom. The van der Waals surface area contributed by atoms with Gasteiger partial charge in [0.15, 0.2) is 0 Å². The van der Waals surface area contributed by atoms with Crippen molar-refractivity contribution in [2.75, 3.05) is 0 Å². The Morgan fingerprint density at radius 2 is 2.00 bits per heavy atom. The van der Waals surface area contributed by atoms with Gasteiger partial charge in [-0.1, -0.05) is 29.3 Å². The molecule has 0 radical (unpaired) electrons. The summed E-state index contributed by atoms with van der Waals surface area (Å²) in [5, 5.41) is 23.4. The summed E-state index contributed by atoms with van der Waals surface area (Å²) in [6.07, 6.45) is 0. The van der Waals surface area contributed by atoms with Gasteiger partial charge in [0.1, 0.15) is 0 Å². The lowest BCUT2D eigenvalue weighted by Crippen LogP contribution is -2.01. The highest BCUT2D eigenvalue weighted by Crippen LogP contribution is 2.35. The van der Waals surface area contributed by atoms with Gasteiger partial charge in [0.25, 0.3) is 5.69 Å². The van der Waals surface area contributed by atoms with Crippen molar-refractivity contribution in [1.82, 2.24) is 20.2 Å². The Labute approximate surface area is 146 Å². The summed E-state index contributed by atoms with van der Waals surface area (Å²) in [7, 11) is 0. The van der Waals surface area contributed by atoms with Gasteiger partial charge in [0.05, 0.1) is 15.6 Å². The lowest BCUT2D eigenvalue weighted by molar-refractivity contribution is -0.384. The van der Waals surface area contributed by atoms with Gasteiger partial charge in [-0.2, -0.15) is 4.68 Å². The van der Waals surface area contributed by atoms with Crippen molar-refractivity contribution in [2.24, 2.45) is 0 Å². The number of benzene rings is 2. The highest BCUT2D eigenvalue weighted by Gasteiger charge is 2.16. The Morgan fingerprint density at radius 1 is 1.21 bits per heavy atom. The first kappa shape index (κ1) is 16.4. The highest BCUT2D eigenvalue weighted by atomic mass is 35.5. The summed E-state index contributed by atoms with van der Waals surface area (Å²) in [5.74, 6) is 0. The van der Waals surface area contributed by atoms with Gasteiger partial charge in [0, 0.05) is 17.0 Å². The minimum Gasteiger partial charge on any atom is -0.258 e. The molecule has 0 aliphatic rings. The number of nitro groups is 1. The number of aromatic nitrogens is 4. The van der Waals surface area contributed by atoms with Crippen molar-refractivity contribution in [3.8, 4) is 5.69 Å². The Bertz CT molecular complexity index is 928. The predicted molar refractivity (Wildman–Crippen MR) is 90.9 cm³/mol. The lowest BCUT2D eigenvalue weighted by atomic mass is 10.1. The topological polar surface area (TPSA) is 86.7 Å². The van der Waals surface area contributed by atoms with Crippen molar-refractivity contribution >= 4 is 29.1 Å². The minimum absolute atomic E-state index is 0.0571. The second kappa shape index (κ2) is 6.58. The smallest absolute Gasteiger partial charge is 0.258 e.